The fourth-order valence-corrected chi connectivity index (χ4v) is 2.02. The number of carbonyl (C=O) groups excluding carboxylic acids is 1. The largest absolute Gasteiger partial charge is 0.480 e. The molecule has 1 amide bonds. The van der Waals surface area contributed by atoms with E-state index < -0.39 is 32.2 Å². The van der Waals surface area contributed by atoms with E-state index in [2.05, 4.69) is 5.32 Å². The van der Waals surface area contributed by atoms with Crippen molar-refractivity contribution >= 4 is 21.7 Å². The lowest BCUT2D eigenvalue weighted by atomic mass is 10.2. The molecule has 2 N–H and O–H groups in total. The molecule has 0 radical (unpaired) electrons. The molecular weight excluding hydrogens is 246 g/mol. The number of amides is 1. The van der Waals surface area contributed by atoms with Crippen LogP contribution in [0.4, 0.5) is 0 Å². The van der Waals surface area contributed by atoms with Gasteiger partial charge in [0.05, 0.1) is 0 Å². The van der Waals surface area contributed by atoms with Crippen LogP contribution in [-0.4, -0.2) is 42.4 Å². The van der Waals surface area contributed by atoms with E-state index in [0.29, 0.717) is 6.54 Å². The Morgan fingerprint density at radius 3 is 2.24 bits per heavy atom. The minimum atomic E-state index is -4.01. The Labute approximate surface area is 101 Å². The van der Waals surface area contributed by atoms with Gasteiger partial charge in [0.2, 0.25) is 5.91 Å². The first-order valence-corrected chi connectivity index (χ1v) is 7.02. The molecule has 0 saturated heterocycles. The maximum absolute atomic E-state index is 11.7. The average Bonchev–Trinajstić information content (AvgIpc) is 2.16. The number of sulfone groups is 1. The van der Waals surface area contributed by atoms with E-state index in [-0.39, 0.29) is 0 Å². The highest BCUT2D eigenvalue weighted by atomic mass is 32.2. The summed E-state index contributed by atoms with van der Waals surface area (Å²) in [5, 5.41) is 11.2. The number of unbranched alkanes of at least 4 members (excludes halogenated alkanes) is 1. The average molecular weight is 265 g/mol. The van der Waals surface area contributed by atoms with Crippen LogP contribution in [0, 0.1) is 0 Å². The number of carboxylic acids is 1. The first-order valence-electron chi connectivity index (χ1n) is 5.37. The van der Waals surface area contributed by atoms with Gasteiger partial charge in [-0.3, -0.25) is 9.59 Å². The number of rotatable bonds is 7. The standard InChI is InChI=1S/C10H19NO5S/c1-4-5-6-11-8(12)7-17(15,16)10(2,3)9(13)14/h4-7H2,1-3H3,(H,11,12)(H,13,14). The van der Waals surface area contributed by atoms with Crippen LogP contribution < -0.4 is 5.32 Å². The van der Waals surface area contributed by atoms with Crippen LogP contribution in [0.2, 0.25) is 0 Å². The van der Waals surface area contributed by atoms with Crippen molar-refractivity contribution in [1.29, 1.82) is 0 Å². The van der Waals surface area contributed by atoms with Gasteiger partial charge in [-0.25, -0.2) is 8.42 Å². The molecule has 0 saturated carbocycles. The van der Waals surface area contributed by atoms with Gasteiger partial charge in [-0.15, -0.1) is 0 Å². The SMILES string of the molecule is CCCCNC(=O)CS(=O)(=O)C(C)(C)C(=O)O. The zero-order valence-electron chi connectivity index (χ0n) is 10.3. The molecule has 0 spiro atoms. The topological polar surface area (TPSA) is 101 Å². The van der Waals surface area contributed by atoms with Gasteiger partial charge in [0, 0.05) is 6.54 Å². The third-order valence-electron chi connectivity index (χ3n) is 2.47. The summed E-state index contributed by atoms with van der Waals surface area (Å²) in [5.41, 5.74) is 0. The molecule has 0 atom stereocenters. The zero-order valence-corrected chi connectivity index (χ0v) is 11.1. The molecule has 0 heterocycles. The van der Waals surface area contributed by atoms with Crippen molar-refractivity contribution < 1.29 is 23.1 Å². The summed E-state index contributed by atoms with van der Waals surface area (Å²) >= 11 is 0. The van der Waals surface area contributed by atoms with Crippen molar-refractivity contribution in [3.8, 4) is 0 Å². The number of hydrogen-bond acceptors (Lipinski definition) is 4. The van der Waals surface area contributed by atoms with Crippen LogP contribution in [0.1, 0.15) is 33.6 Å². The molecule has 0 aliphatic carbocycles. The number of carbonyl (C=O) groups is 2. The molecule has 6 nitrogen and oxygen atoms in total. The van der Waals surface area contributed by atoms with Gasteiger partial charge < -0.3 is 10.4 Å². The van der Waals surface area contributed by atoms with E-state index in [1.54, 1.807) is 0 Å². The third kappa shape index (κ3) is 4.33. The molecule has 0 aliphatic rings. The van der Waals surface area contributed by atoms with E-state index in [4.69, 9.17) is 5.11 Å². The quantitative estimate of drug-likeness (QED) is 0.639. The lowest BCUT2D eigenvalue weighted by Gasteiger charge is -2.19. The van der Waals surface area contributed by atoms with Gasteiger partial charge in [0.25, 0.3) is 0 Å². The molecule has 7 heteroatoms. The second kappa shape index (κ2) is 6.00. The van der Waals surface area contributed by atoms with Crippen molar-refractivity contribution in [3.05, 3.63) is 0 Å². The number of hydrogen-bond donors (Lipinski definition) is 2. The highest BCUT2D eigenvalue weighted by Crippen LogP contribution is 2.17. The normalized spacial score (nSPS) is 12.2. The number of aliphatic carboxylic acids is 1. The Bertz CT molecular complexity index is 386. The van der Waals surface area contributed by atoms with Crippen LogP contribution in [0.5, 0.6) is 0 Å². The monoisotopic (exact) mass is 265 g/mol. The van der Waals surface area contributed by atoms with Crippen LogP contribution in [0.3, 0.4) is 0 Å². The molecule has 0 aliphatic heterocycles. The second-order valence-corrected chi connectivity index (χ2v) is 6.82. The van der Waals surface area contributed by atoms with E-state index in [0.717, 1.165) is 26.7 Å². The van der Waals surface area contributed by atoms with Gasteiger partial charge in [0.15, 0.2) is 14.6 Å². The predicted octanol–water partition coefficient (Wildman–Crippen LogP) is 0.181. The van der Waals surface area contributed by atoms with Crippen LogP contribution in [0.15, 0.2) is 0 Å². The first-order chi connectivity index (χ1) is 7.65. The smallest absolute Gasteiger partial charge is 0.324 e. The molecule has 0 fully saturated rings. The zero-order chi connectivity index (χ0) is 13.7. The summed E-state index contributed by atoms with van der Waals surface area (Å²) in [6.45, 7) is 4.49. The summed E-state index contributed by atoms with van der Waals surface area (Å²) in [4.78, 5) is 22.1. The molecule has 0 rings (SSSR count). The molecule has 17 heavy (non-hydrogen) atoms. The molecule has 0 unspecified atom stereocenters. The number of nitrogens with one attached hydrogen (secondary N) is 1. The summed E-state index contributed by atoms with van der Waals surface area (Å²) in [6.07, 6.45) is 1.64. The second-order valence-electron chi connectivity index (χ2n) is 4.28. The summed E-state index contributed by atoms with van der Waals surface area (Å²) in [5.74, 6) is -2.91. The molecule has 100 valence electrons. The summed E-state index contributed by atoms with van der Waals surface area (Å²) in [7, 11) is -4.01. The molecule has 0 aromatic rings. The minimum Gasteiger partial charge on any atom is -0.480 e. The van der Waals surface area contributed by atoms with Gasteiger partial charge in [-0.2, -0.15) is 0 Å². The maximum Gasteiger partial charge on any atom is 0.324 e. The molecule has 0 aromatic carbocycles. The van der Waals surface area contributed by atoms with Gasteiger partial charge in [-0.05, 0) is 20.3 Å². The van der Waals surface area contributed by atoms with E-state index in [1.807, 2.05) is 6.92 Å². The minimum absolute atomic E-state index is 0.401. The van der Waals surface area contributed by atoms with Crippen molar-refractivity contribution in [3.63, 3.8) is 0 Å². The van der Waals surface area contributed by atoms with Crippen molar-refractivity contribution in [2.75, 3.05) is 12.3 Å². The molecular formula is C10H19NO5S. The Balaban J connectivity index is 4.56. The fourth-order valence-electron chi connectivity index (χ4n) is 0.942. The maximum atomic E-state index is 11.7. The van der Waals surface area contributed by atoms with Gasteiger partial charge in [0.1, 0.15) is 5.75 Å². The Morgan fingerprint density at radius 2 is 1.82 bits per heavy atom. The van der Waals surface area contributed by atoms with Gasteiger partial charge in [-0.1, -0.05) is 13.3 Å². The number of carboxylic acid groups (broad SMARTS) is 1. The first kappa shape index (κ1) is 15.9. The highest BCUT2D eigenvalue weighted by molar-refractivity contribution is 7.94. The lowest BCUT2D eigenvalue weighted by Crippen LogP contribution is -2.45. The highest BCUT2D eigenvalue weighted by Gasteiger charge is 2.42. The fraction of sp³-hybridized carbons (Fsp3) is 0.800. The Kier molecular flexibility index (Phi) is 5.60. The summed E-state index contributed by atoms with van der Waals surface area (Å²) < 4.78 is 21.4. The van der Waals surface area contributed by atoms with Gasteiger partial charge >= 0.3 is 5.97 Å². The van der Waals surface area contributed by atoms with E-state index in [9.17, 15) is 18.0 Å². The molecule has 0 aromatic heterocycles. The summed E-state index contributed by atoms with van der Waals surface area (Å²) in [6, 6.07) is 0. The van der Waals surface area contributed by atoms with Crippen LogP contribution >= 0.6 is 0 Å². The van der Waals surface area contributed by atoms with E-state index >= 15 is 0 Å². The Hall–Kier alpha value is -1.11. The van der Waals surface area contributed by atoms with Crippen LogP contribution in [-0.2, 0) is 19.4 Å². The van der Waals surface area contributed by atoms with Crippen molar-refractivity contribution in [2.24, 2.45) is 0 Å². The van der Waals surface area contributed by atoms with Crippen LogP contribution in [0.25, 0.3) is 0 Å². The third-order valence-corrected chi connectivity index (χ3v) is 4.84. The van der Waals surface area contributed by atoms with E-state index in [1.165, 1.54) is 0 Å². The van der Waals surface area contributed by atoms with Crippen molar-refractivity contribution in [2.45, 2.75) is 38.4 Å². The Morgan fingerprint density at radius 1 is 1.29 bits per heavy atom. The molecule has 0 bridgehead atoms. The predicted molar refractivity (Wildman–Crippen MR) is 63.4 cm³/mol. The lowest BCUT2D eigenvalue weighted by molar-refractivity contribution is -0.139. The van der Waals surface area contributed by atoms with Crippen molar-refractivity contribution in [1.82, 2.24) is 5.32 Å².